The van der Waals surface area contributed by atoms with Crippen molar-refractivity contribution in [1.82, 2.24) is 14.8 Å². The zero-order valence-corrected chi connectivity index (χ0v) is 17.5. The van der Waals surface area contributed by atoms with E-state index in [2.05, 4.69) is 10.1 Å². The molecular weight excluding hydrogens is 438 g/mol. The summed E-state index contributed by atoms with van der Waals surface area (Å²) in [4.78, 5) is 2.84. The maximum Gasteiger partial charge on any atom is 0.433 e. The Morgan fingerprint density at radius 3 is 2.61 bits per heavy atom. The summed E-state index contributed by atoms with van der Waals surface area (Å²) in [6.07, 6.45) is -1.81. The summed E-state index contributed by atoms with van der Waals surface area (Å²) < 4.78 is 62.8. The first-order valence-electron chi connectivity index (χ1n) is 9.54. The number of nitrogens with one attached hydrogen (secondary N) is 1. The standard InChI is InChI=1S/C21H20ClF4N3O2/c1-20(30)6-11(7-20)29-19(21(24,25)26)13(9-28-29)18-14(10-31-2)12(8-27-18)17-15(22)4-3-5-16(17)23/h3-5,8-9,11,27,30H,6-7,10H2,1-2H3. The monoisotopic (exact) mass is 457 g/mol. The Morgan fingerprint density at radius 1 is 1.32 bits per heavy atom. The maximum absolute atomic E-state index is 14.5. The van der Waals surface area contributed by atoms with Gasteiger partial charge in [0, 0.05) is 35.6 Å². The number of aliphatic hydroxyl groups is 1. The molecule has 0 amide bonds. The third-order valence-electron chi connectivity index (χ3n) is 5.54. The van der Waals surface area contributed by atoms with Crippen LogP contribution in [0.3, 0.4) is 0 Å². The van der Waals surface area contributed by atoms with E-state index in [1.54, 1.807) is 6.92 Å². The van der Waals surface area contributed by atoms with Crippen molar-refractivity contribution >= 4 is 11.6 Å². The van der Waals surface area contributed by atoms with Gasteiger partial charge in [-0.1, -0.05) is 17.7 Å². The molecule has 10 heteroatoms. The first kappa shape index (κ1) is 21.9. The minimum absolute atomic E-state index is 0.0700. The Labute approximate surface area is 180 Å². The Hall–Kier alpha value is -2.36. The Kier molecular flexibility index (Phi) is 5.39. The number of hydrogen-bond acceptors (Lipinski definition) is 3. The lowest BCUT2D eigenvalue weighted by Crippen LogP contribution is -2.43. The first-order chi connectivity index (χ1) is 14.5. The number of benzene rings is 1. The summed E-state index contributed by atoms with van der Waals surface area (Å²) in [7, 11) is 1.40. The SMILES string of the molecule is COCc1c(-c2c(F)cccc2Cl)c[nH]c1-c1cnn(C2CC(C)(O)C2)c1C(F)(F)F. The topological polar surface area (TPSA) is 63.1 Å². The number of methoxy groups -OCH3 is 1. The first-order valence-corrected chi connectivity index (χ1v) is 9.92. The van der Waals surface area contributed by atoms with Gasteiger partial charge in [0.25, 0.3) is 0 Å². The number of rotatable bonds is 5. The highest BCUT2D eigenvalue weighted by atomic mass is 35.5. The molecule has 0 spiro atoms. The summed E-state index contributed by atoms with van der Waals surface area (Å²) >= 11 is 6.18. The van der Waals surface area contributed by atoms with Crippen LogP contribution in [-0.2, 0) is 17.5 Å². The van der Waals surface area contributed by atoms with E-state index in [-0.39, 0.29) is 41.3 Å². The predicted octanol–water partition coefficient (Wildman–Crippen LogP) is 5.59. The second-order valence-electron chi connectivity index (χ2n) is 7.99. The molecule has 3 aromatic rings. The lowest BCUT2D eigenvalue weighted by molar-refractivity contribution is -0.148. The summed E-state index contributed by atoms with van der Waals surface area (Å²) in [6.45, 7) is 1.51. The summed E-state index contributed by atoms with van der Waals surface area (Å²) in [5, 5.41) is 14.1. The average molecular weight is 458 g/mol. The van der Waals surface area contributed by atoms with Crippen molar-refractivity contribution in [3.8, 4) is 22.4 Å². The number of alkyl halides is 3. The molecule has 0 radical (unpaired) electrons. The van der Waals surface area contributed by atoms with Gasteiger partial charge in [0.05, 0.1) is 35.2 Å². The number of aromatic nitrogens is 3. The predicted molar refractivity (Wildman–Crippen MR) is 107 cm³/mol. The fraction of sp³-hybridized carbons (Fsp3) is 0.381. The third kappa shape index (κ3) is 3.86. The van der Waals surface area contributed by atoms with Crippen LogP contribution in [0.25, 0.3) is 22.4 Å². The van der Waals surface area contributed by atoms with Crippen LogP contribution >= 0.6 is 11.6 Å². The zero-order chi connectivity index (χ0) is 22.6. The molecule has 166 valence electrons. The normalized spacial score (nSPS) is 21.4. The Bertz CT molecular complexity index is 1090. The van der Waals surface area contributed by atoms with Crippen molar-refractivity contribution < 1.29 is 27.4 Å². The molecule has 0 unspecified atom stereocenters. The molecule has 0 bridgehead atoms. The van der Waals surface area contributed by atoms with Crippen LogP contribution in [0.1, 0.15) is 37.1 Å². The third-order valence-corrected chi connectivity index (χ3v) is 5.85. The number of hydrogen-bond donors (Lipinski definition) is 2. The molecule has 1 aliphatic rings. The Morgan fingerprint density at radius 2 is 2.03 bits per heavy atom. The van der Waals surface area contributed by atoms with E-state index in [0.29, 0.717) is 11.1 Å². The maximum atomic E-state index is 14.5. The molecule has 2 aromatic heterocycles. The van der Waals surface area contributed by atoms with E-state index in [9.17, 15) is 22.7 Å². The second kappa shape index (κ2) is 7.65. The van der Waals surface area contributed by atoms with E-state index in [0.717, 1.165) is 10.9 Å². The highest BCUT2D eigenvalue weighted by molar-refractivity contribution is 6.33. The van der Waals surface area contributed by atoms with Gasteiger partial charge in [-0.25, -0.2) is 4.39 Å². The van der Waals surface area contributed by atoms with E-state index in [4.69, 9.17) is 16.3 Å². The van der Waals surface area contributed by atoms with Crippen LogP contribution in [0.2, 0.25) is 5.02 Å². The number of nitrogens with zero attached hydrogens (tertiary/aromatic N) is 2. The van der Waals surface area contributed by atoms with Crippen molar-refractivity contribution in [3.63, 3.8) is 0 Å². The molecule has 1 aromatic carbocycles. The molecule has 2 N–H and O–H groups in total. The molecule has 0 saturated heterocycles. The number of ether oxygens (including phenoxy) is 1. The van der Waals surface area contributed by atoms with Crippen LogP contribution in [0.5, 0.6) is 0 Å². The van der Waals surface area contributed by atoms with Gasteiger partial charge in [-0.05, 0) is 31.9 Å². The zero-order valence-electron chi connectivity index (χ0n) is 16.7. The molecule has 2 heterocycles. The van der Waals surface area contributed by atoms with Gasteiger partial charge in [0.2, 0.25) is 0 Å². The van der Waals surface area contributed by atoms with Gasteiger partial charge >= 0.3 is 6.18 Å². The highest BCUT2D eigenvalue weighted by Gasteiger charge is 2.46. The average Bonchev–Trinajstić information content (AvgIpc) is 3.24. The van der Waals surface area contributed by atoms with E-state index >= 15 is 0 Å². The lowest BCUT2D eigenvalue weighted by Gasteiger charge is -2.41. The lowest BCUT2D eigenvalue weighted by atomic mass is 9.77. The second-order valence-corrected chi connectivity index (χ2v) is 8.40. The summed E-state index contributed by atoms with van der Waals surface area (Å²) in [5.74, 6) is -0.598. The molecule has 1 saturated carbocycles. The van der Waals surface area contributed by atoms with Crippen molar-refractivity contribution in [2.45, 2.75) is 44.2 Å². The molecule has 1 aliphatic carbocycles. The van der Waals surface area contributed by atoms with Crippen LogP contribution in [0.15, 0.2) is 30.6 Å². The quantitative estimate of drug-likeness (QED) is 0.491. The van der Waals surface area contributed by atoms with Crippen molar-refractivity contribution in [2.75, 3.05) is 7.11 Å². The summed E-state index contributed by atoms with van der Waals surface area (Å²) in [6, 6.07) is 3.61. The minimum atomic E-state index is -4.70. The number of halogens is 5. The Balaban J connectivity index is 1.88. The van der Waals surface area contributed by atoms with Gasteiger partial charge in [-0.15, -0.1) is 0 Å². The smallest absolute Gasteiger partial charge is 0.390 e. The fourth-order valence-corrected chi connectivity index (χ4v) is 4.46. The van der Waals surface area contributed by atoms with Gasteiger partial charge in [-0.2, -0.15) is 18.3 Å². The molecule has 31 heavy (non-hydrogen) atoms. The fourth-order valence-electron chi connectivity index (χ4n) is 4.20. The van der Waals surface area contributed by atoms with E-state index < -0.39 is 29.3 Å². The molecule has 4 rings (SSSR count). The van der Waals surface area contributed by atoms with Gasteiger partial charge in [0.1, 0.15) is 5.82 Å². The molecule has 1 fully saturated rings. The van der Waals surface area contributed by atoms with Crippen LogP contribution in [0, 0.1) is 5.82 Å². The van der Waals surface area contributed by atoms with E-state index in [1.165, 1.54) is 31.5 Å². The highest BCUT2D eigenvalue weighted by Crippen LogP contribution is 2.47. The van der Waals surface area contributed by atoms with Gasteiger partial charge in [0.15, 0.2) is 5.69 Å². The van der Waals surface area contributed by atoms with Crippen LogP contribution in [0.4, 0.5) is 17.6 Å². The van der Waals surface area contributed by atoms with Crippen molar-refractivity contribution in [2.24, 2.45) is 0 Å². The van der Waals surface area contributed by atoms with Crippen LogP contribution < -0.4 is 0 Å². The molecule has 5 nitrogen and oxygen atoms in total. The minimum Gasteiger partial charge on any atom is -0.390 e. The van der Waals surface area contributed by atoms with E-state index in [1.807, 2.05) is 0 Å². The summed E-state index contributed by atoms with van der Waals surface area (Å²) in [5.41, 5.74) is -1.27. The molecule has 0 aliphatic heterocycles. The van der Waals surface area contributed by atoms with Crippen molar-refractivity contribution in [1.29, 1.82) is 0 Å². The number of aromatic amines is 1. The van der Waals surface area contributed by atoms with Gasteiger partial charge in [-0.3, -0.25) is 4.68 Å². The van der Waals surface area contributed by atoms with Gasteiger partial charge < -0.3 is 14.8 Å². The van der Waals surface area contributed by atoms with Crippen molar-refractivity contribution in [3.05, 3.63) is 52.7 Å². The van der Waals surface area contributed by atoms with Crippen LogP contribution in [-0.4, -0.2) is 32.6 Å². The molecule has 0 atom stereocenters. The number of H-pyrrole nitrogens is 1. The largest absolute Gasteiger partial charge is 0.433 e. The molecular formula is C21H20ClF4N3O2.